The Kier molecular flexibility index (Phi) is 4.38. The second-order valence-corrected chi connectivity index (χ2v) is 6.63. The molecule has 1 N–H and O–H groups in total. The Morgan fingerprint density at radius 1 is 1.00 bits per heavy atom. The molecule has 1 aliphatic rings. The average molecular weight is 362 g/mol. The lowest BCUT2D eigenvalue weighted by atomic mass is 10.0. The predicted molar refractivity (Wildman–Crippen MR) is 102 cm³/mol. The third kappa shape index (κ3) is 3.17. The number of hydrogen-bond acceptors (Lipinski definition) is 3. The highest BCUT2D eigenvalue weighted by Crippen LogP contribution is 2.37. The topological polar surface area (TPSA) is 43.8 Å². The molecule has 3 aromatic rings. The molecule has 0 aliphatic carbocycles. The summed E-state index contributed by atoms with van der Waals surface area (Å²) >= 11 is 0. The molecule has 0 saturated carbocycles. The van der Waals surface area contributed by atoms with Crippen molar-refractivity contribution in [1.82, 2.24) is 4.90 Å². The van der Waals surface area contributed by atoms with E-state index in [1.165, 1.54) is 17.0 Å². The Bertz CT molecular complexity index is 973. The second-order valence-electron chi connectivity index (χ2n) is 6.63. The fourth-order valence-electron chi connectivity index (χ4n) is 3.36. The summed E-state index contributed by atoms with van der Waals surface area (Å²) in [6.45, 7) is 2.10. The Balaban J connectivity index is 1.79. The monoisotopic (exact) mass is 362 g/mol. The largest absolute Gasteiger partial charge is 0.356 e. The average Bonchev–Trinajstić information content (AvgIpc) is 2.68. The van der Waals surface area contributed by atoms with E-state index in [1.807, 2.05) is 55.5 Å². The summed E-state index contributed by atoms with van der Waals surface area (Å²) in [6, 6.07) is 21.0. The summed E-state index contributed by atoms with van der Waals surface area (Å²) in [5.41, 5.74) is 3.69. The SMILES string of the molecule is Cc1ccc2c(c1)C(=O)N(Cc1ccc(F)cc1)C(O)N2c1ccccc1. The number of carbonyl (C=O) groups is 1. The minimum absolute atomic E-state index is 0.178. The van der Waals surface area contributed by atoms with Gasteiger partial charge in [0.15, 0.2) is 0 Å². The highest BCUT2D eigenvalue weighted by Gasteiger charge is 2.37. The zero-order valence-electron chi connectivity index (χ0n) is 14.8. The van der Waals surface area contributed by atoms with Crippen molar-refractivity contribution in [2.24, 2.45) is 0 Å². The number of benzene rings is 3. The minimum atomic E-state index is -1.17. The first-order valence-corrected chi connectivity index (χ1v) is 8.73. The fraction of sp³-hybridized carbons (Fsp3) is 0.136. The molecule has 0 radical (unpaired) electrons. The van der Waals surface area contributed by atoms with E-state index in [0.29, 0.717) is 11.3 Å². The van der Waals surface area contributed by atoms with Gasteiger partial charge in [0.25, 0.3) is 5.91 Å². The van der Waals surface area contributed by atoms with Gasteiger partial charge in [0.05, 0.1) is 17.8 Å². The van der Waals surface area contributed by atoms with Crippen molar-refractivity contribution < 1.29 is 14.3 Å². The molecule has 136 valence electrons. The van der Waals surface area contributed by atoms with Gasteiger partial charge in [-0.3, -0.25) is 14.6 Å². The molecule has 0 bridgehead atoms. The normalized spacial score (nSPS) is 16.4. The fourth-order valence-corrected chi connectivity index (χ4v) is 3.36. The van der Waals surface area contributed by atoms with Gasteiger partial charge in [-0.05, 0) is 48.9 Å². The smallest absolute Gasteiger partial charge is 0.259 e. The maximum absolute atomic E-state index is 13.2. The van der Waals surface area contributed by atoms with Crippen molar-refractivity contribution in [3.63, 3.8) is 0 Å². The van der Waals surface area contributed by atoms with E-state index in [1.54, 1.807) is 17.0 Å². The highest BCUT2D eigenvalue weighted by molar-refractivity contribution is 6.03. The summed E-state index contributed by atoms with van der Waals surface area (Å²) in [5, 5.41) is 11.0. The maximum atomic E-state index is 13.2. The van der Waals surface area contributed by atoms with Crippen molar-refractivity contribution in [2.45, 2.75) is 19.8 Å². The van der Waals surface area contributed by atoms with Gasteiger partial charge < -0.3 is 5.11 Å². The first-order chi connectivity index (χ1) is 13.0. The number of hydrogen-bond donors (Lipinski definition) is 1. The Morgan fingerprint density at radius 3 is 2.41 bits per heavy atom. The summed E-state index contributed by atoms with van der Waals surface area (Å²) in [7, 11) is 0. The van der Waals surface area contributed by atoms with Crippen molar-refractivity contribution in [2.75, 3.05) is 4.90 Å². The van der Waals surface area contributed by atoms with Gasteiger partial charge in [0.1, 0.15) is 5.82 Å². The number of rotatable bonds is 3. The van der Waals surface area contributed by atoms with Crippen LogP contribution in [0.3, 0.4) is 0 Å². The first-order valence-electron chi connectivity index (χ1n) is 8.73. The number of para-hydroxylation sites is 1. The number of halogens is 1. The van der Waals surface area contributed by atoms with Gasteiger partial charge in [0, 0.05) is 5.69 Å². The van der Waals surface area contributed by atoms with Gasteiger partial charge >= 0.3 is 0 Å². The molecule has 0 saturated heterocycles. The molecule has 5 heteroatoms. The third-order valence-electron chi connectivity index (χ3n) is 4.71. The summed E-state index contributed by atoms with van der Waals surface area (Å²) in [4.78, 5) is 16.2. The Hall–Kier alpha value is -3.18. The number of aliphatic hydroxyl groups excluding tert-OH is 1. The summed E-state index contributed by atoms with van der Waals surface area (Å²) < 4.78 is 13.2. The van der Waals surface area contributed by atoms with E-state index < -0.39 is 6.35 Å². The number of carbonyl (C=O) groups excluding carboxylic acids is 1. The molecule has 1 heterocycles. The van der Waals surface area contributed by atoms with Crippen LogP contribution in [-0.4, -0.2) is 22.3 Å². The van der Waals surface area contributed by atoms with E-state index in [4.69, 9.17) is 0 Å². The van der Waals surface area contributed by atoms with Crippen LogP contribution in [0.2, 0.25) is 0 Å². The van der Waals surface area contributed by atoms with E-state index in [0.717, 1.165) is 16.8 Å². The molecule has 0 fully saturated rings. The van der Waals surface area contributed by atoms with Crippen molar-refractivity contribution in [3.8, 4) is 0 Å². The first kappa shape index (κ1) is 17.2. The number of anilines is 2. The van der Waals surface area contributed by atoms with Crippen molar-refractivity contribution >= 4 is 17.3 Å². The molecular weight excluding hydrogens is 343 g/mol. The summed E-state index contributed by atoms with van der Waals surface area (Å²) in [5.74, 6) is -0.589. The number of aryl methyl sites for hydroxylation is 1. The van der Waals surface area contributed by atoms with Crippen LogP contribution in [0.4, 0.5) is 15.8 Å². The zero-order valence-corrected chi connectivity index (χ0v) is 14.8. The Morgan fingerprint density at radius 2 is 1.70 bits per heavy atom. The van der Waals surface area contributed by atoms with Crippen LogP contribution >= 0.6 is 0 Å². The molecule has 0 spiro atoms. The van der Waals surface area contributed by atoms with Crippen molar-refractivity contribution in [1.29, 1.82) is 0 Å². The molecule has 1 aliphatic heterocycles. The van der Waals surface area contributed by atoms with Crippen molar-refractivity contribution in [3.05, 3.63) is 95.3 Å². The van der Waals surface area contributed by atoms with Crippen LogP contribution in [0.15, 0.2) is 72.8 Å². The lowest BCUT2D eigenvalue weighted by molar-refractivity contribution is 0.00343. The molecular formula is C22H19FN2O2. The van der Waals surface area contributed by atoms with E-state index in [9.17, 15) is 14.3 Å². The molecule has 0 aromatic heterocycles. The number of fused-ring (bicyclic) bond motifs is 1. The lowest BCUT2D eigenvalue weighted by Gasteiger charge is -2.42. The quantitative estimate of drug-likeness (QED) is 0.759. The molecule has 1 amide bonds. The molecule has 1 unspecified atom stereocenters. The predicted octanol–water partition coefficient (Wildman–Crippen LogP) is 4.20. The van der Waals surface area contributed by atoms with Gasteiger partial charge in [-0.1, -0.05) is 42.0 Å². The minimum Gasteiger partial charge on any atom is -0.356 e. The highest BCUT2D eigenvalue weighted by atomic mass is 19.1. The maximum Gasteiger partial charge on any atom is 0.259 e. The molecule has 4 nitrogen and oxygen atoms in total. The van der Waals surface area contributed by atoms with Gasteiger partial charge in [-0.15, -0.1) is 0 Å². The Labute approximate surface area is 157 Å². The number of amides is 1. The molecule has 27 heavy (non-hydrogen) atoms. The third-order valence-corrected chi connectivity index (χ3v) is 4.71. The van der Waals surface area contributed by atoms with E-state index in [2.05, 4.69) is 0 Å². The van der Waals surface area contributed by atoms with Crippen LogP contribution in [0, 0.1) is 12.7 Å². The van der Waals surface area contributed by atoms with Gasteiger partial charge in [0.2, 0.25) is 6.35 Å². The van der Waals surface area contributed by atoms with Crippen LogP contribution in [-0.2, 0) is 6.54 Å². The van der Waals surface area contributed by atoms with Gasteiger partial charge in [-0.2, -0.15) is 0 Å². The standard InChI is InChI=1S/C22H19FN2O2/c1-15-7-12-20-19(13-15)21(26)24(14-16-8-10-17(23)11-9-16)22(27)25(20)18-5-3-2-4-6-18/h2-13,22,27H,14H2,1H3. The van der Waals surface area contributed by atoms with E-state index in [-0.39, 0.29) is 18.3 Å². The van der Waals surface area contributed by atoms with Crippen LogP contribution < -0.4 is 4.90 Å². The summed E-state index contributed by atoms with van der Waals surface area (Å²) in [6.07, 6.45) is -1.17. The van der Waals surface area contributed by atoms with Crippen LogP contribution in [0.25, 0.3) is 0 Å². The number of aliphatic hydroxyl groups is 1. The second kappa shape index (κ2) is 6.85. The van der Waals surface area contributed by atoms with E-state index >= 15 is 0 Å². The molecule has 3 aromatic carbocycles. The van der Waals surface area contributed by atoms with Crippen LogP contribution in [0.5, 0.6) is 0 Å². The van der Waals surface area contributed by atoms with Crippen LogP contribution in [0.1, 0.15) is 21.5 Å². The van der Waals surface area contributed by atoms with Gasteiger partial charge in [-0.25, -0.2) is 4.39 Å². The molecule has 4 rings (SSSR count). The lowest BCUT2D eigenvalue weighted by Crippen LogP contribution is -2.53. The zero-order chi connectivity index (χ0) is 19.0. The number of nitrogens with zero attached hydrogens (tertiary/aromatic N) is 2. The molecule has 1 atom stereocenters.